The second-order valence-electron chi connectivity index (χ2n) is 17.3. The normalized spacial score (nSPS) is 23.4. The Hall–Kier alpha value is -8.41. The first-order valence-electron chi connectivity index (χ1n) is 23.9. The van der Waals surface area contributed by atoms with Gasteiger partial charge in [0.05, 0.1) is 43.4 Å². The van der Waals surface area contributed by atoms with Gasteiger partial charge in [-0.2, -0.15) is 0 Å². The molecule has 0 aromatic heterocycles. The minimum Gasteiger partial charge on any atom is -0.497 e. The van der Waals surface area contributed by atoms with E-state index in [4.69, 9.17) is 61.6 Å². The van der Waals surface area contributed by atoms with E-state index in [1.54, 1.807) is 42.5 Å². The molecule has 23 nitrogen and oxygen atoms in total. The van der Waals surface area contributed by atoms with Crippen molar-refractivity contribution in [3.05, 3.63) is 132 Å². The van der Waals surface area contributed by atoms with Gasteiger partial charge in [-0.15, -0.1) is 0 Å². The minimum atomic E-state index is -3.04. The van der Waals surface area contributed by atoms with Gasteiger partial charge in [-0.1, -0.05) is 54.6 Å². The van der Waals surface area contributed by atoms with Gasteiger partial charge in [-0.3, -0.25) is 24.0 Å². The van der Waals surface area contributed by atoms with Gasteiger partial charge in [0.1, 0.15) is 49.1 Å². The number of carbonyl (C=O) groups is 9. The van der Waals surface area contributed by atoms with Crippen LogP contribution in [0.25, 0.3) is 0 Å². The molecular weight excluding hydrogens is 1010 g/mol. The standard InChI is InChI=1S/C54H57NO22/c1-30(56)55-43-40(69-32(3)58)27-54(53(64)66-7,76-46(43)44(71-34(5)60)41(70-33(4)59)28-67-31(2)57)77-47-45(74-50(62)36-19-13-9-14-20-36)42(29-68-49(61)35-17-11-8-12-18-35)73-52(72-39-25-23-38(65-6)24-26-39)48(47)75-51(63)37-21-15-10-16-22-37/h8-26,40-48,52H,27-29H2,1-7H3,(H,55,56)/t40-,41+,42+,43+,44+,45-,46+,47-,48+,52+,54-/m0/s1. The molecule has 2 saturated heterocycles. The van der Waals surface area contributed by atoms with E-state index in [1.165, 1.54) is 79.9 Å². The van der Waals surface area contributed by atoms with Crippen LogP contribution in [0.5, 0.6) is 11.5 Å². The van der Waals surface area contributed by atoms with E-state index in [9.17, 15) is 43.2 Å². The summed E-state index contributed by atoms with van der Waals surface area (Å²) in [6, 6.07) is 27.3. The zero-order valence-electron chi connectivity index (χ0n) is 42.8. The molecule has 0 aliphatic carbocycles. The Morgan fingerprint density at radius 2 is 1.13 bits per heavy atom. The van der Waals surface area contributed by atoms with Gasteiger partial charge in [-0.25, -0.2) is 19.2 Å². The summed E-state index contributed by atoms with van der Waals surface area (Å²) in [6.07, 6.45) is -18.0. The lowest BCUT2D eigenvalue weighted by Gasteiger charge is -2.51. The van der Waals surface area contributed by atoms with E-state index < -0.39 is 140 Å². The predicted molar refractivity (Wildman–Crippen MR) is 260 cm³/mol. The van der Waals surface area contributed by atoms with Crippen molar-refractivity contribution in [3.63, 3.8) is 0 Å². The van der Waals surface area contributed by atoms with Gasteiger partial charge in [0.2, 0.25) is 12.2 Å². The van der Waals surface area contributed by atoms with Crippen LogP contribution in [-0.2, 0) is 80.9 Å². The molecule has 410 valence electrons. The topological polar surface area (TPSA) is 286 Å². The van der Waals surface area contributed by atoms with E-state index in [2.05, 4.69) is 5.32 Å². The molecule has 2 fully saturated rings. The monoisotopic (exact) mass is 1070 g/mol. The van der Waals surface area contributed by atoms with Crippen molar-refractivity contribution < 1.29 is 105 Å². The fourth-order valence-corrected chi connectivity index (χ4v) is 8.38. The summed E-state index contributed by atoms with van der Waals surface area (Å²) in [5.41, 5.74) is 0.0534. The Balaban J connectivity index is 1.62. The fourth-order valence-electron chi connectivity index (χ4n) is 8.38. The average Bonchev–Trinajstić information content (AvgIpc) is 3.41. The zero-order valence-corrected chi connectivity index (χ0v) is 42.8. The molecule has 4 aromatic carbocycles. The molecule has 0 bridgehead atoms. The first-order chi connectivity index (χ1) is 36.8. The quantitative estimate of drug-likeness (QED) is 0.0911. The van der Waals surface area contributed by atoms with Gasteiger partial charge >= 0.3 is 47.8 Å². The molecule has 11 atom stereocenters. The number of hydrogen-bond acceptors (Lipinski definition) is 22. The molecule has 4 aromatic rings. The molecule has 77 heavy (non-hydrogen) atoms. The van der Waals surface area contributed by atoms with Crippen molar-refractivity contribution in [1.82, 2.24) is 5.32 Å². The molecule has 0 saturated carbocycles. The summed E-state index contributed by atoms with van der Waals surface area (Å²) in [5, 5.41) is 2.58. The highest BCUT2D eigenvalue weighted by molar-refractivity contribution is 5.91. The smallest absolute Gasteiger partial charge is 0.366 e. The summed E-state index contributed by atoms with van der Waals surface area (Å²) in [4.78, 5) is 122. The number of hydrogen-bond donors (Lipinski definition) is 1. The maximum Gasteiger partial charge on any atom is 0.366 e. The first kappa shape index (κ1) is 57.9. The number of rotatable bonds is 21. The Morgan fingerprint density at radius 3 is 1.62 bits per heavy atom. The molecule has 23 heteroatoms. The molecule has 1 amide bonds. The van der Waals surface area contributed by atoms with Crippen molar-refractivity contribution >= 4 is 53.7 Å². The van der Waals surface area contributed by atoms with Crippen LogP contribution in [0.4, 0.5) is 0 Å². The van der Waals surface area contributed by atoms with Crippen LogP contribution in [0.1, 0.15) is 72.1 Å². The number of amides is 1. The highest BCUT2D eigenvalue weighted by atomic mass is 16.8. The van der Waals surface area contributed by atoms with Crippen molar-refractivity contribution in [2.45, 2.75) is 108 Å². The molecule has 2 aliphatic heterocycles. The summed E-state index contributed by atoms with van der Waals surface area (Å²) >= 11 is 0. The summed E-state index contributed by atoms with van der Waals surface area (Å²) in [5.74, 6) is -11.6. The van der Waals surface area contributed by atoms with E-state index in [1.807, 2.05) is 0 Å². The van der Waals surface area contributed by atoms with Crippen LogP contribution in [0.2, 0.25) is 0 Å². The lowest BCUT2D eigenvalue weighted by atomic mass is 9.87. The number of methoxy groups -OCH3 is 2. The molecule has 2 heterocycles. The van der Waals surface area contributed by atoms with Crippen LogP contribution in [-0.4, -0.2) is 148 Å². The van der Waals surface area contributed by atoms with Crippen molar-refractivity contribution in [2.75, 3.05) is 27.4 Å². The number of carbonyl (C=O) groups excluding carboxylic acids is 9. The Morgan fingerprint density at radius 1 is 0.597 bits per heavy atom. The van der Waals surface area contributed by atoms with Gasteiger partial charge in [0.15, 0.2) is 24.4 Å². The molecule has 1 N–H and O–H groups in total. The number of ether oxygens (including phenoxy) is 13. The third-order valence-electron chi connectivity index (χ3n) is 11.6. The molecule has 0 unspecified atom stereocenters. The van der Waals surface area contributed by atoms with Crippen molar-refractivity contribution in [1.29, 1.82) is 0 Å². The van der Waals surface area contributed by atoms with E-state index in [-0.39, 0.29) is 22.4 Å². The van der Waals surface area contributed by atoms with Crippen LogP contribution >= 0.6 is 0 Å². The van der Waals surface area contributed by atoms with Crippen molar-refractivity contribution in [2.24, 2.45) is 0 Å². The molecular formula is C54H57NO22. The largest absolute Gasteiger partial charge is 0.497 e. The van der Waals surface area contributed by atoms with Gasteiger partial charge < -0.3 is 66.9 Å². The fraction of sp³-hybridized carbons (Fsp3) is 0.389. The SMILES string of the molecule is COC(=O)[C@@]1(O[C@H]2[C@@H](OC(=O)c3ccccc3)[C@@H](COC(=O)c3ccccc3)O[C@@H](Oc3ccc(OC)cc3)[C@@H]2OC(=O)c2ccccc2)C[C@H](OC(C)=O)[C@@H](NC(C)=O)[C@H]([C@H](OC(C)=O)[C@@H](COC(C)=O)OC(C)=O)O1. The summed E-state index contributed by atoms with van der Waals surface area (Å²) in [7, 11) is 2.35. The second kappa shape index (κ2) is 26.9. The predicted octanol–water partition coefficient (Wildman–Crippen LogP) is 4.01. The second-order valence-corrected chi connectivity index (χ2v) is 17.3. The minimum absolute atomic E-state index is 0.0237. The Bertz CT molecular complexity index is 2710. The summed E-state index contributed by atoms with van der Waals surface area (Å²) in [6.45, 7) is 3.49. The number of esters is 8. The highest BCUT2D eigenvalue weighted by Crippen LogP contribution is 2.42. The summed E-state index contributed by atoms with van der Waals surface area (Å²) < 4.78 is 77.7. The zero-order chi connectivity index (χ0) is 55.8. The Kier molecular flexibility index (Phi) is 20.2. The van der Waals surface area contributed by atoms with Crippen LogP contribution in [0.3, 0.4) is 0 Å². The average molecular weight is 1070 g/mol. The highest BCUT2D eigenvalue weighted by Gasteiger charge is 2.63. The number of benzene rings is 4. The van der Waals surface area contributed by atoms with Crippen LogP contribution < -0.4 is 14.8 Å². The van der Waals surface area contributed by atoms with E-state index >= 15 is 0 Å². The molecule has 2 aliphatic rings. The Labute approximate surface area is 441 Å². The number of nitrogens with one attached hydrogen (secondary N) is 1. The van der Waals surface area contributed by atoms with Gasteiger partial charge in [-0.05, 0) is 60.7 Å². The third kappa shape index (κ3) is 15.6. The van der Waals surface area contributed by atoms with Crippen molar-refractivity contribution in [3.8, 4) is 11.5 Å². The first-order valence-corrected chi connectivity index (χ1v) is 23.9. The maximum atomic E-state index is 14.9. The van der Waals surface area contributed by atoms with Crippen LogP contribution in [0, 0.1) is 0 Å². The lowest BCUT2D eigenvalue weighted by Crippen LogP contribution is -2.72. The molecule has 0 spiro atoms. The van der Waals surface area contributed by atoms with E-state index in [0.717, 1.165) is 41.7 Å². The lowest BCUT2D eigenvalue weighted by molar-refractivity contribution is -0.362. The van der Waals surface area contributed by atoms with E-state index in [0.29, 0.717) is 5.75 Å². The third-order valence-corrected chi connectivity index (χ3v) is 11.6. The molecule has 6 rings (SSSR count). The van der Waals surface area contributed by atoms with Crippen LogP contribution in [0.15, 0.2) is 115 Å². The molecule has 0 radical (unpaired) electrons. The van der Waals surface area contributed by atoms with Gasteiger partial charge in [0.25, 0.3) is 5.79 Å². The van der Waals surface area contributed by atoms with Gasteiger partial charge in [0, 0.05) is 34.6 Å². The maximum absolute atomic E-state index is 14.9.